The van der Waals surface area contributed by atoms with Crippen molar-refractivity contribution in [2.75, 3.05) is 6.54 Å². The Bertz CT molecular complexity index is 421. The number of carbonyl (C=O) groups excluding carboxylic acids is 1. The van der Waals surface area contributed by atoms with E-state index in [0.29, 0.717) is 12.5 Å². The average Bonchev–Trinajstić information content (AvgIpc) is 2.95. The van der Waals surface area contributed by atoms with Crippen molar-refractivity contribution in [1.82, 2.24) is 10.5 Å². The fraction of sp³-hybridized carbons (Fsp3) is 0.733. The first kappa shape index (κ1) is 16.7. The third-order valence-electron chi connectivity index (χ3n) is 4.17. The van der Waals surface area contributed by atoms with Crippen molar-refractivity contribution in [1.29, 1.82) is 0 Å². The molecule has 0 fully saturated rings. The Labute approximate surface area is 121 Å². The summed E-state index contributed by atoms with van der Waals surface area (Å²) in [5.41, 5.74) is 6.66. The van der Waals surface area contributed by atoms with Gasteiger partial charge in [0.1, 0.15) is 0 Å². The van der Waals surface area contributed by atoms with Gasteiger partial charge in [0.2, 0.25) is 5.76 Å². The fourth-order valence-electron chi connectivity index (χ4n) is 2.14. The van der Waals surface area contributed by atoms with Crippen molar-refractivity contribution in [2.45, 2.75) is 64.8 Å². The van der Waals surface area contributed by atoms with Crippen LogP contribution < -0.4 is 11.1 Å². The van der Waals surface area contributed by atoms with E-state index in [0.717, 1.165) is 31.4 Å². The third kappa shape index (κ3) is 4.07. The van der Waals surface area contributed by atoms with Gasteiger partial charge in [-0.25, -0.2) is 0 Å². The van der Waals surface area contributed by atoms with Crippen molar-refractivity contribution in [3.05, 3.63) is 17.5 Å². The zero-order valence-corrected chi connectivity index (χ0v) is 13.0. The highest BCUT2D eigenvalue weighted by Gasteiger charge is 2.23. The summed E-state index contributed by atoms with van der Waals surface area (Å²) in [6, 6.07) is 1.74. The van der Waals surface area contributed by atoms with Crippen LogP contribution in [0.25, 0.3) is 0 Å². The molecule has 0 saturated heterocycles. The van der Waals surface area contributed by atoms with Crippen LogP contribution in [0.4, 0.5) is 0 Å². The number of hydrogen-bond acceptors (Lipinski definition) is 4. The molecule has 0 spiro atoms. The van der Waals surface area contributed by atoms with Gasteiger partial charge >= 0.3 is 0 Å². The summed E-state index contributed by atoms with van der Waals surface area (Å²) in [6.07, 6.45) is 3.61. The molecule has 0 bridgehead atoms. The van der Waals surface area contributed by atoms with Gasteiger partial charge < -0.3 is 15.6 Å². The molecule has 5 nitrogen and oxygen atoms in total. The molecular formula is C15H27N3O2. The molecular weight excluding hydrogens is 254 g/mol. The van der Waals surface area contributed by atoms with E-state index in [-0.39, 0.29) is 17.2 Å². The largest absolute Gasteiger partial charge is 0.351 e. The first-order chi connectivity index (χ1) is 9.49. The van der Waals surface area contributed by atoms with Crippen LogP contribution in [0, 0.1) is 0 Å². The topological polar surface area (TPSA) is 81.2 Å². The van der Waals surface area contributed by atoms with E-state index in [4.69, 9.17) is 10.3 Å². The number of nitrogens with two attached hydrogens (primary N) is 1. The molecule has 0 unspecified atom stereocenters. The summed E-state index contributed by atoms with van der Waals surface area (Å²) in [5, 5.41) is 6.83. The molecule has 0 radical (unpaired) electrons. The molecule has 3 N–H and O–H groups in total. The number of aromatic nitrogens is 1. The Balaban J connectivity index is 2.65. The van der Waals surface area contributed by atoms with Crippen molar-refractivity contribution in [3.63, 3.8) is 0 Å². The standard InChI is InChI=1S/C15H27N3O2/c1-5-11(6-2)12-9-13(20-18-12)14(19)17-10-15(16,7-3)8-4/h9,11H,5-8,10,16H2,1-4H3,(H,17,19). The van der Waals surface area contributed by atoms with E-state index in [1.165, 1.54) is 0 Å². The van der Waals surface area contributed by atoms with Gasteiger partial charge in [0.25, 0.3) is 5.91 Å². The van der Waals surface area contributed by atoms with Crippen LogP contribution in [-0.2, 0) is 0 Å². The predicted molar refractivity (Wildman–Crippen MR) is 79.7 cm³/mol. The van der Waals surface area contributed by atoms with Crippen LogP contribution in [0.2, 0.25) is 0 Å². The maximum Gasteiger partial charge on any atom is 0.289 e. The number of nitrogens with one attached hydrogen (secondary N) is 1. The number of rotatable bonds is 8. The minimum absolute atomic E-state index is 0.244. The molecule has 0 atom stereocenters. The summed E-state index contributed by atoms with van der Waals surface area (Å²) in [4.78, 5) is 12.0. The van der Waals surface area contributed by atoms with Crippen molar-refractivity contribution in [2.24, 2.45) is 5.73 Å². The Morgan fingerprint density at radius 2 is 1.95 bits per heavy atom. The molecule has 1 aromatic rings. The van der Waals surface area contributed by atoms with Gasteiger partial charge in [0.05, 0.1) is 5.69 Å². The van der Waals surface area contributed by atoms with Gasteiger partial charge in [-0.2, -0.15) is 0 Å². The Morgan fingerprint density at radius 3 is 2.45 bits per heavy atom. The fourth-order valence-corrected chi connectivity index (χ4v) is 2.14. The summed E-state index contributed by atoms with van der Waals surface area (Å²) >= 11 is 0. The molecule has 0 aromatic carbocycles. The first-order valence-electron chi connectivity index (χ1n) is 7.53. The van der Waals surface area contributed by atoms with Gasteiger partial charge in [0, 0.05) is 24.1 Å². The SMILES string of the molecule is CCC(CC)c1cc(C(=O)NCC(N)(CC)CC)on1. The number of nitrogens with zero attached hydrogens (tertiary/aromatic N) is 1. The number of amides is 1. The quantitative estimate of drug-likeness (QED) is 0.767. The van der Waals surface area contributed by atoms with E-state index in [1.807, 2.05) is 13.8 Å². The van der Waals surface area contributed by atoms with E-state index in [2.05, 4.69) is 24.3 Å². The zero-order valence-electron chi connectivity index (χ0n) is 13.0. The summed E-state index contributed by atoms with van der Waals surface area (Å²) in [5.74, 6) is 0.369. The molecule has 20 heavy (non-hydrogen) atoms. The van der Waals surface area contributed by atoms with Crippen LogP contribution in [0.1, 0.15) is 75.5 Å². The molecule has 114 valence electrons. The van der Waals surface area contributed by atoms with E-state index < -0.39 is 0 Å². The van der Waals surface area contributed by atoms with Gasteiger partial charge in [-0.1, -0.05) is 32.9 Å². The molecule has 1 aromatic heterocycles. The smallest absolute Gasteiger partial charge is 0.289 e. The van der Waals surface area contributed by atoms with Crippen LogP contribution in [0.3, 0.4) is 0 Å². The van der Waals surface area contributed by atoms with E-state index >= 15 is 0 Å². The Kier molecular flexibility index (Phi) is 6.20. The van der Waals surface area contributed by atoms with Crippen LogP contribution in [0.15, 0.2) is 10.6 Å². The summed E-state index contributed by atoms with van der Waals surface area (Å²) in [6.45, 7) is 8.70. The zero-order chi connectivity index (χ0) is 15.2. The molecule has 1 amide bonds. The van der Waals surface area contributed by atoms with Crippen molar-refractivity contribution < 1.29 is 9.32 Å². The van der Waals surface area contributed by atoms with E-state index in [1.54, 1.807) is 6.07 Å². The maximum absolute atomic E-state index is 12.0. The second-order valence-corrected chi connectivity index (χ2v) is 5.38. The van der Waals surface area contributed by atoms with Crippen LogP contribution >= 0.6 is 0 Å². The highest BCUT2D eigenvalue weighted by Crippen LogP contribution is 2.22. The monoisotopic (exact) mass is 281 g/mol. The lowest BCUT2D eigenvalue weighted by atomic mass is 9.94. The molecule has 1 rings (SSSR count). The molecule has 0 aliphatic heterocycles. The highest BCUT2D eigenvalue weighted by atomic mass is 16.5. The Morgan fingerprint density at radius 1 is 1.35 bits per heavy atom. The average molecular weight is 281 g/mol. The lowest BCUT2D eigenvalue weighted by Crippen LogP contribution is -2.49. The predicted octanol–water partition coefficient (Wildman–Crippen LogP) is 2.83. The minimum atomic E-state index is -0.353. The normalized spacial score (nSPS) is 11.9. The Hall–Kier alpha value is -1.36. The van der Waals surface area contributed by atoms with Gasteiger partial charge in [-0.3, -0.25) is 4.79 Å². The summed E-state index contributed by atoms with van der Waals surface area (Å²) in [7, 11) is 0. The minimum Gasteiger partial charge on any atom is -0.351 e. The maximum atomic E-state index is 12.0. The lowest BCUT2D eigenvalue weighted by Gasteiger charge is -2.26. The third-order valence-corrected chi connectivity index (χ3v) is 4.17. The van der Waals surface area contributed by atoms with Crippen LogP contribution in [0.5, 0.6) is 0 Å². The van der Waals surface area contributed by atoms with Crippen LogP contribution in [-0.4, -0.2) is 23.1 Å². The summed E-state index contributed by atoms with van der Waals surface area (Å²) < 4.78 is 5.14. The number of hydrogen-bond donors (Lipinski definition) is 2. The lowest BCUT2D eigenvalue weighted by molar-refractivity contribution is 0.0905. The number of carbonyl (C=O) groups is 1. The van der Waals surface area contributed by atoms with Gasteiger partial charge in [-0.15, -0.1) is 0 Å². The second-order valence-electron chi connectivity index (χ2n) is 5.38. The molecule has 1 heterocycles. The molecule has 0 saturated carbocycles. The van der Waals surface area contributed by atoms with E-state index in [9.17, 15) is 4.79 Å². The molecule has 0 aliphatic rings. The molecule has 5 heteroatoms. The van der Waals surface area contributed by atoms with Crippen molar-refractivity contribution in [3.8, 4) is 0 Å². The highest BCUT2D eigenvalue weighted by molar-refractivity contribution is 5.91. The first-order valence-corrected chi connectivity index (χ1v) is 7.53. The van der Waals surface area contributed by atoms with Gasteiger partial charge in [0.15, 0.2) is 0 Å². The van der Waals surface area contributed by atoms with Gasteiger partial charge in [-0.05, 0) is 25.7 Å². The van der Waals surface area contributed by atoms with Crippen molar-refractivity contribution >= 4 is 5.91 Å². The molecule has 0 aliphatic carbocycles. The second kappa shape index (κ2) is 7.43.